The van der Waals surface area contributed by atoms with Gasteiger partial charge in [0.25, 0.3) is 0 Å². The van der Waals surface area contributed by atoms with Gasteiger partial charge in [-0.05, 0) is 0 Å². The summed E-state index contributed by atoms with van der Waals surface area (Å²) in [5.41, 5.74) is 7.38. The number of nitrogens with two attached hydrogens (primary N) is 1. The Morgan fingerprint density at radius 2 is 1.89 bits per heavy atom. The van der Waals surface area contributed by atoms with Crippen molar-refractivity contribution in [1.29, 1.82) is 0 Å². The number of rotatable bonds is 5. The van der Waals surface area contributed by atoms with Crippen molar-refractivity contribution in [2.75, 3.05) is 20.8 Å². The molecule has 0 fully saturated rings. The maximum Gasteiger partial charge on any atom is 0.124 e. The highest BCUT2D eigenvalue weighted by Crippen LogP contribution is 2.26. The molecule has 102 valence electrons. The molecule has 1 aromatic carbocycles. The Labute approximate surface area is 111 Å². The molecule has 19 heavy (non-hydrogen) atoms. The molecule has 1 heterocycles. The smallest absolute Gasteiger partial charge is 0.124 e. The third kappa shape index (κ3) is 2.69. The second kappa shape index (κ2) is 5.73. The second-order valence-electron chi connectivity index (χ2n) is 4.05. The van der Waals surface area contributed by atoms with E-state index in [1.807, 2.05) is 12.1 Å². The molecule has 0 saturated carbocycles. The van der Waals surface area contributed by atoms with Gasteiger partial charge in [0.2, 0.25) is 0 Å². The zero-order chi connectivity index (χ0) is 13.8. The molecule has 1 unspecified atom stereocenters. The van der Waals surface area contributed by atoms with Crippen LogP contribution in [0.1, 0.15) is 11.7 Å². The van der Waals surface area contributed by atoms with Crippen LogP contribution in [0.15, 0.2) is 30.7 Å². The first-order chi connectivity index (χ1) is 9.19. The van der Waals surface area contributed by atoms with Crippen LogP contribution >= 0.6 is 0 Å². The van der Waals surface area contributed by atoms with Crippen LogP contribution < -0.4 is 15.2 Å². The highest BCUT2D eigenvalue weighted by molar-refractivity contribution is 5.47. The van der Waals surface area contributed by atoms with E-state index in [0.29, 0.717) is 11.5 Å². The van der Waals surface area contributed by atoms with Crippen molar-refractivity contribution in [1.82, 2.24) is 9.55 Å². The molecule has 1 atom stereocenters. The number of nitrogens with zero attached hydrogens (tertiary/aromatic N) is 2. The van der Waals surface area contributed by atoms with E-state index in [4.69, 9.17) is 20.3 Å². The van der Waals surface area contributed by atoms with E-state index in [0.717, 1.165) is 11.4 Å². The van der Waals surface area contributed by atoms with E-state index in [1.165, 1.54) is 0 Å². The molecule has 0 amide bonds. The summed E-state index contributed by atoms with van der Waals surface area (Å²) in [5, 5.41) is 9.16. The van der Waals surface area contributed by atoms with Crippen molar-refractivity contribution in [2.24, 2.45) is 5.73 Å². The van der Waals surface area contributed by atoms with E-state index in [2.05, 4.69) is 4.98 Å². The van der Waals surface area contributed by atoms with Gasteiger partial charge in [-0.1, -0.05) is 0 Å². The SMILES string of the molecule is COc1cc(OC)cc(-n2cncc2C(N)CO)c1. The molecule has 0 bridgehead atoms. The summed E-state index contributed by atoms with van der Waals surface area (Å²) in [5.74, 6) is 1.35. The van der Waals surface area contributed by atoms with Crippen LogP contribution in [0, 0.1) is 0 Å². The minimum Gasteiger partial charge on any atom is -0.497 e. The number of benzene rings is 1. The molecule has 3 N–H and O–H groups in total. The summed E-state index contributed by atoms with van der Waals surface area (Å²) < 4.78 is 12.3. The fourth-order valence-corrected chi connectivity index (χ4v) is 1.82. The zero-order valence-corrected chi connectivity index (χ0v) is 10.9. The summed E-state index contributed by atoms with van der Waals surface area (Å²) in [7, 11) is 3.18. The van der Waals surface area contributed by atoms with Crippen LogP contribution in [0.5, 0.6) is 11.5 Å². The Morgan fingerprint density at radius 3 is 2.42 bits per heavy atom. The third-order valence-electron chi connectivity index (χ3n) is 2.86. The lowest BCUT2D eigenvalue weighted by Gasteiger charge is -2.14. The lowest BCUT2D eigenvalue weighted by molar-refractivity contribution is 0.265. The van der Waals surface area contributed by atoms with Crippen molar-refractivity contribution in [3.63, 3.8) is 0 Å². The molecule has 0 saturated heterocycles. The monoisotopic (exact) mass is 263 g/mol. The Balaban J connectivity index is 2.49. The molecule has 0 aliphatic rings. The Bertz CT molecular complexity index is 532. The number of imidazole rings is 1. The predicted octanol–water partition coefficient (Wildman–Crippen LogP) is 0.882. The maximum atomic E-state index is 9.16. The molecular weight excluding hydrogens is 246 g/mol. The van der Waals surface area contributed by atoms with Gasteiger partial charge in [0.05, 0.1) is 50.8 Å². The molecular formula is C13H17N3O3. The molecule has 1 aromatic heterocycles. The fourth-order valence-electron chi connectivity index (χ4n) is 1.82. The van der Waals surface area contributed by atoms with Crippen LogP contribution in [0.2, 0.25) is 0 Å². The summed E-state index contributed by atoms with van der Waals surface area (Å²) in [4.78, 5) is 4.07. The minimum absolute atomic E-state index is 0.146. The molecule has 2 aromatic rings. The standard InChI is InChI=1S/C13H17N3O3/c1-18-10-3-9(4-11(5-10)19-2)16-8-15-6-13(16)12(14)7-17/h3-6,8,12,17H,7,14H2,1-2H3. The second-order valence-corrected chi connectivity index (χ2v) is 4.05. The number of aromatic nitrogens is 2. The van der Waals surface area contributed by atoms with Crippen LogP contribution in [0.3, 0.4) is 0 Å². The molecule has 2 rings (SSSR count). The van der Waals surface area contributed by atoms with Gasteiger partial charge in [-0.3, -0.25) is 0 Å². The average molecular weight is 263 g/mol. The maximum absolute atomic E-state index is 9.16. The van der Waals surface area contributed by atoms with Crippen molar-refractivity contribution in [3.8, 4) is 17.2 Å². The van der Waals surface area contributed by atoms with Crippen molar-refractivity contribution >= 4 is 0 Å². The summed E-state index contributed by atoms with van der Waals surface area (Å²) in [6.45, 7) is -0.146. The van der Waals surface area contributed by atoms with Gasteiger partial charge in [-0.2, -0.15) is 0 Å². The first kappa shape index (κ1) is 13.4. The Morgan fingerprint density at radius 1 is 1.26 bits per heavy atom. The lowest BCUT2D eigenvalue weighted by atomic mass is 10.2. The van der Waals surface area contributed by atoms with Gasteiger partial charge < -0.3 is 24.9 Å². The number of methoxy groups -OCH3 is 2. The molecule has 0 spiro atoms. The molecule has 0 aliphatic heterocycles. The zero-order valence-electron chi connectivity index (χ0n) is 10.9. The first-order valence-corrected chi connectivity index (χ1v) is 5.81. The fraction of sp³-hybridized carbons (Fsp3) is 0.308. The van der Waals surface area contributed by atoms with Gasteiger partial charge in [-0.15, -0.1) is 0 Å². The van der Waals surface area contributed by atoms with Crippen molar-refractivity contribution in [3.05, 3.63) is 36.4 Å². The lowest BCUT2D eigenvalue weighted by Crippen LogP contribution is -2.18. The predicted molar refractivity (Wildman–Crippen MR) is 70.7 cm³/mol. The number of hydrogen-bond acceptors (Lipinski definition) is 5. The van der Waals surface area contributed by atoms with Crippen LogP contribution in [-0.4, -0.2) is 35.5 Å². The molecule has 0 radical (unpaired) electrons. The number of aliphatic hydroxyl groups is 1. The number of aliphatic hydroxyl groups excluding tert-OH is 1. The Kier molecular flexibility index (Phi) is 4.03. The van der Waals surface area contributed by atoms with E-state index in [-0.39, 0.29) is 6.61 Å². The van der Waals surface area contributed by atoms with E-state index >= 15 is 0 Å². The van der Waals surface area contributed by atoms with Crippen molar-refractivity contribution in [2.45, 2.75) is 6.04 Å². The quantitative estimate of drug-likeness (QED) is 0.836. The Hall–Kier alpha value is -2.05. The van der Waals surface area contributed by atoms with Gasteiger partial charge in [0.1, 0.15) is 11.5 Å². The molecule has 6 heteroatoms. The number of ether oxygens (including phenoxy) is 2. The van der Waals surface area contributed by atoms with Gasteiger partial charge in [0.15, 0.2) is 0 Å². The third-order valence-corrected chi connectivity index (χ3v) is 2.86. The van der Waals surface area contributed by atoms with Crippen molar-refractivity contribution < 1.29 is 14.6 Å². The van der Waals surface area contributed by atoms with Gasteiger partial charge >= 0.3 is 0 Å². The van der Waals surface area contributed by atoms with E-state index < -0.39 is 6.04 Å². The summed E-state index contributed by atoms with van der Waals surface area (Å²) in [6.07, 6.45) is 3.27. The highest BCUT2D eigenvalue weighted by Gasteiger charge is 2.13. The largest absolute Gasteiger partial charge is 0.497 e. The van der Waals surface area contributed by atoms with E-state index in [1.54, 1.807) is 37.4 Å². The summed E-state index contributed by atoms with van der Waals surface area (Å²) >= 11 is 0. The van der Waals surface area contributed by atoms with Gasteiger partial charge in [-0.25, -0.2) is 4.98 Å². The normalized spacial score (nSPS) is 12.2. The number of hydrogen-bond donors (Lipinski definition) is 2. The molecule has 6 nitrogen and oxygen atoms in total. The van der Waals surface area contributed by atoms with Crippen LogP contribution in [0.4, 0.5) is 0 Å². The van der Waals surface area contributed by atoms with Crippen LogP contribution in [-0.2, 0) is 0 Å². The van der Waals surface area contributed by atoms with E-state index in [9.17, 15) is 0 Å². The first-order valence-electron chi connectivity index (χ1n) is 5.81. The van der Waals surface area contributed by atoms with Crippen LogP contribution in [0.25, 0.3) is 5.69 Å². The minimum atomic E-state index is -0.486. The molecule has 0 aliphatic carbocycles. The average Bonchev–Trinajstić information content (AvgIpc) is 2.95. The van der Waals surface area contributed by atoms with Gasteiger partial charge in [0, 0.05) is 18.2 Å². The summed E-state index contributed by atoms with van der Waals surface area (Å²) in [6, 6.07) is 4.99. The highest BCUT2D eigenvalue weighted by atomic mass is 16.5. The topological polar surface area (TPSA) is 82.5 Å².